The quantitative estimate of drug-likeness (QED) is 0.0797. The van der Waals surface area contributed by atoms with Crippen molar-refractivity contribution in [1.29, 1.82) is 0 Å². The number of nitro groups is 1. The maximum atomic E-state index is 12.9. The summed E-state index contributed by atoms with van der Waals surface area (Å²) in [7, 11) is 1.61. The molecule has 37 heavy (non-hydrogen) atoms. The highest BCUT2D eigenvalue weighted by molar-refractivity contribution is 6.31. The molecule has 7 nitrogen and oxygen atoms in total. The third-order valence-electron chi connectivity index (χ3n) is 5.89. The number of nitrogens with one attached hydrogen (secondary N) is 1. The summed E-state index contributed by atoms with van der Waals surface area (Å²) in [6, 6.07) is 24.4. The van der Waals surface area contributed by atoms with Crippen molar-refractivity contribution in [3.8, 4) is 5.75 Å². The van der Waals surface area contributed by atoms with E-state index in [2.05, 4.69) is 5.32 Å². The average molecular weight is 510 g/mol. The highest BCUT2D eigenvalue weighted by Crippen LogP contribution is 2.36. The second-order valence-corrected chi connectivity index (χ2v) is 8.72. The van der Waals surface area contributed by atoms with Crippen LogP contribution in [-0.2, 0) is 0 Å². The lowest BCUT2D eigenvalue weighted by molar-refractivity contribution is -0.384. The first kappa shape index (κ1) is 24.0. The Kier molecular flexibility index (Phi) is 6.53. The Bertz CT molecular complexity index is 1700. The van der Waals surface area contributed by atoms with Crippen LogP contribution < -0.4 is 10.1 Å². The molecule has 0 bridgehead atoms. The monoisotopic (exact) mass is 509 g/mol. The molecular weight excluding hydrogens is 490 g/mol. The number of hydrogen-bond acceptors (Lipinski definition) is 6. The Morgan fingerprint density at radius 2 is 1.78 bits per heavy atom. The van der Waals surface area contributed by atoms with Crippen molar-refractivity contribution in [2.24, 2.45) is 0 Å². The first-order valence-electron chi connectivity index (χ1n) is 11.3. The van der Waals surface area contributed by atoms with Crippen molar-refractivity contribution >= 4 is 62.3 Å². The molecule has 0 fully saturated rings. The molecule has 5 rings (SSSR count). The number of ether oxygens (including phenoxy) is 1. The minimum atomic E-state index is -0.461. The molecule has 182 valence electrons. The summed E-state index contributed by atoms with van der Waals surface area (Å²) in [6.07, 6.45) is 3.08. The van der Waals surface area contributed by atoms with Gasteiger partial charge < -0.3 is 10.1 Å². The van der Waals surface area contributed by atoms with Gasteiger partial charge in [0.25, 0.3) is 5.69 Å². The predicted octanol–water partition coefficient (Wildman–Crippen LogP) is 7.60. The van der Waals surface area contributed by atoms with Crippen LogP contribution >= 0.6 is 11.6 Å². The number of carbonyl (C=O) groups excluding carboxylic acids is 1. The first-order valence-corrected chi connectivity index (χ1v) is 11.7. The molecule has 0 saturated carbocycles. The molecule has 8 heteroatoms. The van der Waals surface area contributed by atoms with Crippen LogP contribution in [-0.4, -0.2) is 22.8 Å². The summed E-state index contributed by atoms with van der Waals surface area (Å²) in [4.78, 5) is 28.0. The molecule has 0 spiro atoms. The Morgan fingerprint density at radius 3 is 2.54 bits per heavy atom. The first-order chi connectivity index (χ1) is 17.9. The maximum absolute atomic E-state index is 12.9. The highest BCUT2D eigenvalue weighted by atomic mass is 35.5. The van der Waals surface area contributed by atoms with E-state index >= 15 is 0 Å². The van der Waals surface area contributed by atoms with Gasteiger partial charge in [-0.1, -0.05) is 29.8 Å². The molecule has 0 saturated heterocycles. The van der Waals surface area contributed by atoms with Crippen LogP contribution in [0.15, 0.2) is 91.0 Å². The van der Waals surface area contributed by atoms with Gasteiger partial charge in [-0.3, -0.25) is 14.9 Å². The summed E-state index contributed by atoms with van der Waals surface area (Å²) in [5, 5.41) is 16.6. The molecule has 5 aromatic rings. The largest absolute Gasteiger partial charge is 0.497 e. The molecule has 0 aliphatic rings. The zero-order valence-corrected chi connectivity index (χ0v) is 20.4. The predicted molar refractivity (Wildman–Crippen MR) is 147 cm³/mol. The second kappa shape index (κ2) is 10.1. The molecule has 1 N–H and O–H groups in total. The lowest BCUT2D eigenvalue weighted by Crippen LogP contribution is -1.99. The van der Waals surface area contributed by atoms with E-state index in [1.165, 1.54) is 18.2 Å². The Balaban J connectivity index is 1.48. The minimum Gasteiger partial charge on any atom is -0.497 e. The van der Waals surface area contributed by atoms with Crippen molar-refractivity contribution in [2.45, 2.75) is 0 Å². The van der Waals surface area contributed by atoms with Gasteiger partial charge in [-0.25, -0.2) is 4.98 Å². The molecule has 0 unspecified atom stereocenters. The number of ketones is 1. The number of halogens is 1. The van der Waals surface area contributed by atoms with Crippen LogP contribution in [0, 0.1) is 10.1 Å². The van der Waals surface area contributed by atoms with Crippen molar-refractivity contribution in [2.75, 3.05) is 12.4 Å². The number of carbonyl (C=O) groups is 1. The molecule has 0 amide bonds. The fraction of sp³-hybridized carbons (Fsp3) is 0.0345. The number of aromatic nitrogens is 1. The number of fused-ring (bicyclic) bond motifs is 2. The third kappa shape index (κ3) is 5.12. The van der Waals surface area contributed by atoms with Crippen molar-refractivity contribution in [3.63, 3.8) is 0 Å². The van der Waals surface area contributed by atoms with Crippen LogP contribution in [0.3, 0.4) is 0 Å². The summed E-state index contributed by atoms with van der Waals surface area (Å²) in [6.45, 7) is 0. The van der Waals surface area contributed by atoms with Gasteiger partial charge in [0.15, 0.2) is 5.78 Å². The van der Waals surface area contributed by atoms with Crippen LogP contribution in [0.5, 0.6) is 5.75 Å². The minimum absolute atomic E-state index is 0.00157. The van der Waals surface area contributed by atoms with Gasteiger partial charge in [0.05, 0.1) is 28.8 Å². The van der Waals surface area contributed by atoms with Gasteiger partial charge in [-0.2, -0.15) is 0 Å². The molecule has 0 aliphatic carbocycles. The van der Waals surface area contributed by atoms with Gasteiger partial charge in [0.1, 0.15) is 5.75 Å². The topological polar surface area (TPSA) is 94.4 Å². The van der Waals surface area contributed by atoms with E-state index in [1.54, 1.807) is 43.5 Å². The number of nitro benzene ring substituents is 1. The van der Waals surface area contributed by atoms with Gasteiger partial charge in [-0.05, 0) is 72.3 Å². The van der Waals surface area contributed by atoms with Crippen LogP contribution in [0.4, 0.5) is 17.1 Å². The molecule has 1 heterocycles. The van der Waals surface area contributed by atoms with E-state index in [0.717, 1.165) is 33.2 Å². The number of hydrogen-bond donors (Lipinski definition) is 1. The Morgan fingerprint density at radius 1 is 0.973 bits per heavy atom. The van der Waals surface area contributed by atoms with Crippen LogP contribution in [0.1, 0.15) is 15.9 Å². The number of non-ortho nitro benzene ring substituents is 1. The number of rotatable bonds is 7. The van der Waals surface area contributed by atoms with Crippen molar-refractivity contribution in [1.82, 2.24) is 4.98 Å². The summed E-state index contributed by atoms with van der Waals surface area (Å²) < 4.78 is 5.43. The van der Waals surface area contributed by atoms with Gasteiger partial charge >= 0.3 is 0 Å². The van der Waals surface area contributed by atoms with Crippen LogP contribution in [0.2, 0.25) is 5.02 Å². The van der Waals surface area contributed by atoms with E-state index in [4.69, 9.17) is 21.3 Å². The summed E-state index contributed by atoms with van der Waals surface area (Å²) in [5.41, 5.74) is 4.24. The van der Waals surface area contributed by atoms with Crippen molar-refractivity contribution < 1.29 is 14.5 Å². The number of benzene rings is 4. The van der Waals surface area contributed by atoms with E-state index in [1.807, 2.05) is 42.5 Å². The Labute approximate surface area is 217 Å². The van der Waals surface area contributed by atoms with Gasteiger partial charge in [0, 0.05) is 39.2 Å². The number of allylic oxidation sites excluding steroid dienone is 1. The van der Waals surface area contributed by atoms with E-state index in [0.29, 0.717) is 21.9 Å². The average Bonchev–Trinajstić information content (AvgIpc) is 2.91. The van der Waals surface area contributed by atoms with E-state index in [9.17, 15) is 14.9 Å². The number of methoxy groups -OCH3 is 1. The Hall–Kier alpha value is -4.75. The fourth-order valence-electron chi connectivity index (χ4n) is 4.03. The SMILES string of the molecule is COc1ccc2nc3cc(Cl)ccc3c(Nc3cccc(C(=O)/C=C/c4ccc([N+](=O)[O-])cc4)c3)c2c1. The second-order valence-electron chi connectivity index (χ2n) is 8.28. The smallest absolute Gasteiger partial charge is 0.269 e. The molecule has 4 aromatic carbocycles. The zero-order chi connectivity index (χ0) is 25.9. The zero-order valence-electron chi connectivity index (χ0n) is 19.6. The fourth-order valence-corrected chi connectivity index (χ4v) is 4.19. The summed E-state index contributed by atoms with van der Waals surface area (Å²) >= 11 is 6.23. The molecule has 1 aromatic heterocycles. The van der Waals surface area contributed by atoms with Crippen LogP contribution in [0.25, 0.3) is 27.9 Å². The number of nitrogens with zero attached hydrogens (tertiary/aromatic N) is 2. The van der Waals surface area contributed by atoms with E-state index < -0.39 is 4.92 Å². The molecule has 0 atom stereocenters. The lowest BCUT2D eigenvalue weighted by Gasteiger charge is -2.15. The standard InChI is InChI=1S/C29H20ClN3O4/c1-37-23-11-13-26-25(17-23)29(24-12-8-20(30)16-27(24)32-26)31-21-4-2-3-19(15-21)28(34)14-7-18-5-9-22(10-6-18)33(35)36/h2-17H,1H3,(H,31,32)/b14-7+. The molecule has 0 radical (unpaired) electrons. The third-order valence-corrected chi connectivity index (χ3v) is 6.13. The van der Waals surface area contributed by atoms with E-state index in [-0.39, 0.29) is 11.5 Å². The van der Waals surface area contributed by atoms with Crippen molar-refractivity contribution in [3.05, 3.63) is 117 Å². The molecule has 0 aliphatic heterocycles. The number of pyridine rings is 1. The molecular formula is C29H20ClN3O4. The summed E-state index contributed by atoms with van der Waals surface area (Å²) in [5.74, 6) is 0.505. The highest BCUT2D eigenvalue weighted by Gasteiger charge is 2.12. The lowest BCUT2D eigenvalue weighted by atomic mass is 10.1. The van der Waals surface area contributed by atoms with Gasteiger partial charge in [0.2, 0.25) is 0 Å². The maximum Gasteiger partial charge on any atom is 0.269 e. The number of anilines is 2. The normalized spacial score (nSPS) is 11.2. The van der Waals surface area contributed by atoms with Gasteiger partial charge in [-0.15, -0.1) is 0 Å².